The number of aromatic nitrogens is 1. The highest BCUT2D eigenvalue weighted by atomic mass is 16.5. The molecule has 1 aromatic heterocycles. The topological polar surface area (TPSA) is 25.4 Å². The van der Waals surface area contributed by atoms with Crippen molar-refractivity contribution >= 4 is 0 Å². The fourth-order valence-electron chi connectivity index (χ4n) is 2.09. The number of hydrogen-bond acceptors (Lipinski definition) is 3. The molecule has 1 aliphatic rings. The summed E-state index contributed by atoms with van der Waals surface area (Å²) in [5.74, 6) is 0.876. The van der Waals surface area contributed by atoms with Gasteiger partial charge in [-0.1, -0.05) is 6.42 Å². The quantitative estimate of drug-likeness (QED) is 0.712. The minimum absolute atomic E-state index is 0.794. The molecule has 0 radical (unpaired) electrons. The summed E-state index contributed by atoms with van der Waals surface area (Å²) in [7, 11) is 0. The molecular formula is C13H20N2O. The number of ether oxygens (including phenoxy) is 1. The van der Waals surface area contributed by atoms with Gasteiger partial charge in [-0.2, -0.15) is 0 Å². The highest BCUT2D eigenvalue weighted by molar-refractivity contribution is 5.15. The molecule has 0 spiro atoms. The summed E-state index contributed by atoms with van der Waals surface area (Å²) in [6.45, 7) is 4.50. The third-order valence-corrected chi connectivity index (χ3v) is 2.97. The molecule has 16 heavy (non-hydrogen) atoms. The SMILES string of the molecule is c1cncc(OCCCN2CCCCC2)c1. The zero-order valence-corrected chi connectivity index (χ0v) is 9.77. The molecule has 0 atom stereocenters. The van der Waals surface area contributed by atoms with Crippen LogP contribution in [-0.2, 0) is 0 Å². The lowest BCUT2D eigenvalue weighted by molar-refractivity contribution is 0.205. The molecule has 0 unspecified atom stereocenters. The van der Waals surface area contributed by atoms with Gasteiger partial charge < -0.3 is 9.64 Å². The van der Waals surface area contributed by atoms with Crippen LogP contribution in [0.3, 0.4) is 0 Å². The maximum absolute atomic E-state index is 5.61. The normalized spacial score (nSPS) is 17.2. The smallest absolute Gasteiger partial charge is 0.137 e. The van der Waals surface area contributed by atoms with Gasteiger partial charge in [-0.05, 0) is 44.5 Å². The van der Waals surface area contributed by atoms with Crippen molar-refractivity contribution in [2.24, 2.45) is 0 Å². The van der Waals surface area contributed by atoms with Crippen molar-refractivity contribution in [3.05, 3.63) is 24.5 Å². The van der Waals surface area contributed by atoms with E-state index in [-0.39, 0.29) is 0 Å². The number of hydrogen-bond donors (Lipinski definition) is 0. The average Bonchev–Trinajstić information content (AvgIpc) is 2.37. The Morgan fingerprint density at radius 2 is 2.12 bits per heavy atom. The molecule has 0 saturated carbocycles. The maximum atomic E-state index is 5.61. The first-order valence-electron chi connectivity index (χ1n) is 6.20. The molecule has 3 nitrogen and oxygen atoms in total. The van der Waals surface area contributed by atoms with Crippen LogP contribution in [0.2, 0.25) is 0 Å². The van der Waals surface area contributed by atoms with Gasteiger partial charge in [0, 0.05) is 12.7 Å². The van der Waals surface area contributed by atoms with Crippen molar-refractivity contribution in [1.29, 1.82) is 0 Å². The van der Waals surface area contributed by atoms with Crippen LogP contribution in [0.4, 0.5) is 0 Å². The Kier molecular flexibility index (Phi) is 4.62. The van der Waals surface area contributed by atoms with Crippen LogP contribution in [0.1, 0.15) is 25.7 Å². The molecule has 3 heteroatoms. The number of likely N-dealkylation sites (tertiary alicyclic amines) is 1. The van der Waals surface area contributed by atoms with E-state index in [1.165, 1.54) is 38.9 Å². The van der Waals surface area contributed by atoms with Gasteiger partial charge in [0.25, 0.3) is 0 Å². The zero-order valence-electron chi connectivity index (χ0n) is 9.77. The first kappa shape index (κ1) is 11.4. The van der Waals surface area contributed by atoms with Crippen LogP contribution in [0.25, 0.3) is 0 Å². The Labute approximate surface area is 97.4 Å². The lowest BCUT2D eigenvalue weighted by Crippen LogP contribution is -2.31. The highest BCUT2D eigenvalue weighted by Gasteiger charge is 2.08. The molecule has 0 amide bonds. The Balaban J connectivity index is 1.58. The van der Waals surface area contributed by atoms with Crippen LogP contribution in [-0.4, -0.2) is 36.1 Å². The van der Waals surface area contributed by atoms with Gasteiger partial charge in [0.1, 0.15) is 5.75 Å². The third kappa shape index (κ3) is 3.81. The fraction of sp³-hybridized carbons (Fsp3) is 0.615. The molecule has 2 rings (SSSR count). The second-order valence-electron chi connectivity index (χ2n) is 4.29. The average molecular weight is 220 g/mol. The predicted octanol–water partition coefficient (Wildman–Crippen LogP) is 2.34. The summed E-state index contributed by atoms with van der Waals surface area (Å²) >= 11 is 0. The standard InChI is InChI=1S/C13H20N2O/c1-2-8-15(9-3-1)10-5-11-16-13-6-4-7-14-12-13/h4,6-7,12H,1-3,5,8-11H2. The molecule has 1 aromatic rings. The van der Waals surface area contributed by atoms with Crippen LogP contribution < -0.4 is 4.74 Å². The molecule has 1 aliphatic heterocycles. The molecule has 0 aliphatic carbocycles. The van der Waals surface area contributed by atoms with E-state index in [0.29, 0.717) is 0 Å². The lowest BCUT2D eigenvalue weighted by Gasteiger charge is -2.26. The first-order chi connectivity index (χ1) is 7.95. The Morgan fingerprint density at radius 1 is 1.25 bits per heavy atom. The van der Waals surface area contributed by atoms with E-state index in [1.807, 2.05) is 12.1 Å². The van der Waals surface area contributed by atoms with Crippen LogP contribution in [0, 0.1) is 0 Å². The van der Waals surface area contributed by atoms with Gasteiger partial charge in [-0.3, -0.25) is 4.98 Å². The van der Waals surface area contributed by atoms with Crippen LogP contribution in [0.5, 0.6) is 5.75 Å². The van der Waals surface area contributed by atoms with Crippen molar-refractivity contribution in [3.63, 3.8) is 0 Å². The number of rotatable bonds is 5. The summed E-state index contributed by atoms with van der Waals surface area (Å²) in [6.07, 6.45) is 8.77. The lowest BCUT2D eigenvalue weighted by atomic mass is 10.1. The Bertz CT molecular complexity index is 283. The predicted molar refractivity (Wildman–Crippen MR) is 64.6 cm³/mol. The van der Waals surface area contributed by atoms with Gasteiger partial charge in [0.2, 0.25) is 0 Å². The molecule has 0 N–H and O–H groups in total. The second kappa shape index (κ2) is 6.48. The van der Waals surface area contributed by atoms with Gasteiger partial charge in [0.05, 0.1) is 12.8 Å². The van der Waals surface area contributed by atoms with Crippen molar-refractivity contribution in [1.82, 2.24) is 9.88 Å². The van der Waals surface area contributed by atoms with Gasteiger partial charge >= 0.3 is 0 Å². The summed E-state index contributed by atoms with van der Waals surface area (Å²) in [4.78, 5) is 6.56. The molecule has 88 valence electrons. The van der Waals surface area contributed by atoms with E-state index in [2.05, 4.69) is 9.88 Å². The van der Waals surface area contributed by atoms with E-state index < -0.39 is 0 Å². The summed E-state index contributed by atoms with van der Waals surface area (Å²) < 4.78 is 5.61. The Hall–Kier alpha value is -1.09. The van der Waals surface area contributed by atoms with Crippen molar-refractivity contribution in [3.8, 4) is 5.75 Å². The van der Waals surface area contributed by atoms with Crippen molar-refractivity contribution < 1.29 is 4.74 Å². The first-order valence-corrected chi connectivity index (χ1v) is 6.20. The van der Waals surface area contributed by atoms with Crippen LogP contribution in [0.15, 0.2) is 24.5 Å². The number of piperidine rings is 1. The van der Waals surface area contributed by atoms with E-state index in [1.54, 1.807) is 12.4 Å². The molecule has 1 saturated heterocycles. The summed E-state index contributed by atoms with van der Waals surface area (Å²) in [6, 6.07) is 3.86. The molecule has 2 heterocycles. The van der Waals surface area contributed by atoms with Crippen LogP contribution >= 0.6 is 0 Å². The Morgan fingerprint density at radius 3 is 2.88 bits per heavy atom. The van der Waals surface area contributed by atoms with E-state index >= 15 is 0 Å². The summed E-state index contributed by atoms with van der Waals surface area (Å²) in [5.41, 5.74) is 0. The van der Waals surface area contributed by atoms with E-state index in [4.69, 9.17) is 4.74 Å². The van der Waals surface area contributed by atoms with Crippen molar-refractivity contribution in [2.75, 3.05) is 26.2 Å². The van der Waals surface area contributed by atoms with Gasteiger partial charge in [-0.25, -0.2) is 0 Å². The number of nitrogens with zero attached hydrogens (tertiary/aromatic N) is 2. The summed E-state index contributed by atoms with van der Waals surface area (Å²) in [5, 5.41) is 0. The zero-order chi connectivity index (χ0) is 11.1. The second-order valence-corrected chi connectivity index (χ2v) is 4.29. The monoisotopic (exact) mass is 220 g/mol. The van der Waals surface area contributed by atoms with Gasteiger partial charge in [-0.15, -0.1) is 0 Å². The van der Waals surface area contributed by atoms with E-state index in [9.17, 15) is 0 Å². The number of pyridine rings is 1. The minimum atomic E-state index is 0.794. The highest BCUT2D eigenvalue weighted by Crippen LogP contribution is 2.10. The third-order valence-electron chi connectivity index (χ3n) is 2.97. The van der Waals surface area contributed by atoms with Crippen molar-refractivity contribution in [2.45, 2.75) is 25.7 Å². The fourth-order valence-corrected chi connectivity index (χ4v) is 2.09. The van der Waals surface area contributed by atoms with Gasteiger partial charge in [0.15, 0.2) is 0 Å². The maximum Gasteiger partial charge on any atom is 0.137 e. The molecule has 1 fully saturated rings. The molecule has 0 aromatic carbocycles. The minimum Gasteiger partial charge on any atom is -0.492 e. The largest absolute Gasteiger partial charge is 0.492 e. The molecular weight excluding hydrogens is 200 g/mol. The molecule has 0 bridgehead atoms. The van der Waals surface area contributed by atoms with E-state index in [0.717, 1.165) is 18.8 Å².